The number of halogens is 12. The van der Waals surface area contributed by atoms with Gasteiger partial charge in [-0.15, -0.1) is 6.02 Å². The molecule has 0 N–H and O–H groups in total. The molecule has 0 radical (unpaired) electrons. The van der Waals surface area contributed by atoms with Crippen LogP contribution in [0.5, 0.6) is 0 Å². The summed E-state index contributed by atoms with van der Waals surface area (Å²) in [6.45, 7) is 21.2. The number of anilines is 3. The first kappa shape index (κ1) is 82.6. The summed E-state index contributed by atoms with van der Waals surface area (Å²) in [5.74, 6) is 0. The predicted molar refractivity (Wildman–Crippen MR) is 300 cm³/mol. The second-order valence-corrected chi connectivity index (χ2v) is 21.4. The molecule has 5 aromatic rings. The molecule has 5 aromatic carbocycles. The van der Waals surface area contributed by atoms with Gasteiger partial charge in [-0.2, -0.15) is 52.7 Å². The third-order valence-electron chi connectivity index (χ3n) is 11.2. The van der Waals surface area contributed by atoms with E-state index in [9.17, 15) is 73.4 Å². The number of para-hydroxylation sites is 3. The van der Waals surface area contributed by atoms with Crippen molar-refractivity contribution in [3.05, 3.63) is 169 Å². The average molecular weight is 1390 g/mol. The van der Waals surface area contributed by atoms with Crippen LogP contribution in [0.2, 0.25) is 0 Å². The molecule has 0 aliphatic carbocycles. The maximum Gasteiger partial charge on any atom is 4.00 e. The van der Waals surface area contributed by atoms with Crippen LogP contribution in [-0.2, 0) is 63.3 Å². The minimum atomic E-state index is -5.28. The van der Waals surface area contributed by atoms with Gasteiger partial charge >= 0.3 is 118 Å². The SMILES string of the molecule is CC(C)(C)N([O-])c1ccccc1CN(Cc1ccccc1N([O-])C(C)(C)C)Cc1ccccc1N([O-])C(C)(C)C.COCCOC.COCCOC.[Ce+4].[K+].[O-]C(=Nc1cc(C(F)(F)F)cc(C(F)(F)F)c1)[N-]c1cc(C(F)(F)F)cc(C(F)(F)F)c1. The molecule has 0 aromatic heterocycles. The largest absolute Gasteiger partial charge is 4.00 e. The zero-order valence-corrected chi connectivity index (χ0v) is 56.6. The fraction of sp³-hybridized carbons (Fsp3) is 0.466. The first-order valence-electron chi connectivity index (χ1n) is 25.5. The summed E-state index contributed by atoms with van der Waals surface area (Å²) in [5, 5.41) is 57.6. The van der Waals surface area contributed by atoms with Crippen molar-refractivity contribution in [2.24, 2.45) is 4.99 Å². The van der Waals surface area contributed by atoms with Crippen LogP contribution in [0.15, 0.2) is 114 Å². The van der Waals surface area contributed by atoms with E-state index in [0.717, 1.165) is 31.9 Å². The fourth-order valence-corrected chi connectivity index (χ4v) is 7.09. The molecular formula is C58H71CeF12KN6O8. The Morgan fingerprint density at radius 2 is 0.674 bits per heavy atom. The Morgan fingerprint density at radius 1 is 0.430 bits per heavy atom. The van der Waals surface area contributed by atoms with Gasteiger partial charge in [-0.1, -0.05) is 54.6 Å². The third kappa shape index (κ3) is 28.6. The summed E-state index contributed by atoms with van der Waals surface area (Å²) in [5.41, 5.74) is -7.17. The van der Waals surface area contributed by atoms with E-state index in [2.05, 4.69) is 34.2 Å². The smallest absolute Gasteiger partial charge is 0.879 e. The first-order chi connectivity index (χ1) is 38.6. The van der Waals surface area contributed by atoms with Crippen LogP contribution in [0, 0.1) is 57.4 Å². The van der Waals surface area contributed by atoms with Crippen molar-refractivity contribution in [1.82, 2.24) is 4.90 Å². The Balaban J connectivity index is 0.00000140. The van der Waals surface area contributed by atoms with Gasteiger partial charge in [0.2, 0.25) is 0 Å². The van der Waals surface area contributed by atoms with Gasteiger partial charge in [0.05, 0.1) is 48.7 Å². The standard InChI is InChI=1S/C33H45N4O3.C17H7F12N2O.2C4H10O2.Ce.K/c1-31(2,3)35(38)28-19-13-10-16-25(28)22-34(23-26-17-11-14-20-29(26)36(39)32(4,5)6)24-27-18-12-15-21-30(27)37(40)33(7,8)9;18-14(19,20)7-1-8(15(21,22)23)4-11(3-7)30-13(32)31-12-5-9(16(24,25)26)2-10(6-12)17(27,28)29;2*1-5-3-4-6-2;;/h10-21H,22-24H2,1-9H3;1-6H,(H-,30,31,32);2*3-4H2,1-2H3;;/q-3;-1;;;+4;+1/p-1. The minimum absolute atomic E-state index is 0. The van der Waals surface area contributed by atoms with Crippen LogP contribution < -0.4 is 71.7 Å². The molecule has 0 fully saturated rings. The number of alkyl halides is 12. The average Bonchev–Trinajstić information content (AvgIpc) is 1.75. The maximum absolute atomic E-state index is 13.3. The zero-order valence-electron chi connectivity index (χ0n) is 50.3. The van der Waals surface area contributed by atoms with Gasteiger partial charge in [0, 0.05) is 81.8 Å². The molecule has 86 heavy (non-hydrogen) atoms. The minimum Gasteiger partial charge on any atom is -0.879 e. The molecule has 0 aliphatic rings. The number of aliphatic imine (C=N–C) groups is 1. The van der Waals surface area contributed by atoms with Crippen LogP contribution in [0.1, 0.15) is 101 Å². The number of amidine groups is 1. The van der Waals surface area contributed by atoms with Crippen LogP contribution in [0.3, 0.4) is 0 Å². The van der Waals surface area contributed by atoms with Crippen LogP contribution in [0.4, 0.5) is 81.1 Å². The van der Waals surface area contributed by atoms with E-state index in [1.165, 1.54) is 0 Å². The van der Waals surface area contributed by atoms with Crippen molar-refractivity contribution in [3.8, 4) is 0 Å². The summed E-state index contributed by atoms with van der Waals surface area (Å²) in [7, 11) is 6.61. The number of benzene rings is 5. The molecule has 14 nitrogen and oxygen atoms in total. The van der Waals surface area contributed by atoms with E-state index in [4.69, 9.17) is 0 Å². The monoisotopic (exact) mass is 1390 g/mol. The molecule has 0 atom stereocenters. The quantitative estimate of drug-likeness (QED) is 0.0216. The number of rotatable bonds is 17. The molecule has 5 rings (SSSR count). The molecule has 28 heteroatoms. The predicted octanol–water partition coefficient (Wildman–Crippen LogP) is 12.6. The maximum atomic E-state index is 13.3. The van der Waals surface area contributed by atoms with E-state index >= 15 is 0 Å². The Morgan fingerprint density at radius 3 is 0.907 bits per heavy atom. The molecule has 0 unspecified atom stereocenters. The summed E-state index contributed by atoms with van der Waals surface area (Å²) in [6, 6.07) is 20.5. The van der Waals surface area contributed by atoms with Crippen molar-refractivity contribution in [2.75, 3.05) is 70.1 Å². The number of hydroxylamine groups is 3. The molecule has 0 saturated carbocycles. The topological polar surface area (TPSA) is 169 Å². The molecule has 0 amide bonds. The number of methoxy groups -OCH3 is 4. The van der Waals surface area contributed by atoms with Crippen molar-refractivity contribution in [2.45, 2.75) is 123 Å². The Labute approximate surface area is 571 Å². The van der Waals surface area contributed by atoms with Crippen molar-refractivity contribution >= 4 is 34.5 Å². The Hall–Kier alpha value is -3.38. The molecule has 470 valence electrons. The van der Waals surface area contributed by atoms with Gasteiger partial charge in [0.15, 0.2) is 0 Å². The van der Waals surface area contributed by atoms with E-state index in [0.29, 0.717) is 63.1 Å². The normalized spacial score (nSPS) is 12.3. The van der Waals surface area contributed by atoms with Gasteiger partial charge in [-0.05, 0) is 145 Å². The van der Waals surface area contributed by atoms with Crippen LogP contribution >= 0.6 is 0 Å². The molecule has 0 spiro atoms. The molecule has 0 heterocycles. The van der Waals surface area contributed by atoms with Crippen molar-refractivity contribution < 1.29 is 170 Å². The van der Waals surface area contributed by atoms with E-state index < -0.39 is 81.0 Å². The summed E-state index contributed by atoms with van der Waals surface area (Å²) in [4.78, 5) is 5.01. The number of hydrogen-bond donors (Lipinski definition) is 0. The van der Waals surface area contributed by atoms with Crippen molar-refractivity contribution in [1.29, 1.82) is 0 Å². The van der Waals surface area contributed by atoms with Gasteiger partial charge in [0.1, 0.15) is 0 Å². The van der Waals surface area contributed by atoms with Gasteiger partial charge in [-0.3, -0.25) is 4.90 Å². The van der Waals surface area contributed by atoms with Gasteiger partial charge in [0.25, 0.3) is 0 Å². The van der Waals surface area contributed by atoms with E-state index in [-0.39, 0.29) is 130 Å². The Bertz CT molecular complexity index is 2590. The molecule has 0 aliphatic heterocycles. The fourth-order valence-electron chi connectivity index (χ4n) is 7.09. The van der Waals surface area contributed by atoms with E-state index in [1.807, 2.05) is 135 Å². The zero-order chi connectivity index (χ0) is 64.2. The summed E-state index contributed by atoms with van der Waals surface area (Å²) >= 11 is 0. The molecular weight excluding hydrogens is 1320 g/mol. The van der Waals surface area contributed by atoms with Crippen LogP contribution in [-0.4, -0.2) is 82.4 Å². The number of nitrogens with zero attached hydrogens (tertiary/aromatic N) is 6. The number of hydrogen-bond acceptors (Lipinski definition) is 13. The van der Waals surface area contributed by atoms with Crippen LogP contribution in [0.25, 0.3) is 5.32 Å². The summed E-state index contributed by atoms with van der Waals surface area (Å²) in [6.07, 6.45) is -21.1. The summed E-state index contributed by atoms with van der Waals surface area (Å²) < 4.78 is 172. The van der Waals surface area contributed by atoms with Gasteiger partial charge < -0.3 is 65.2 Å². The third-order valence-corrected chi connectivity index (χ3v) is 11.2. The van der Waals surface area contributed by atoms with E-state index in [1.54, 1.807) is 28.4 Å². The van der Waals surface area contributed by atoms with Crippen molar-refractivity contribution in [3.63, 3.8) is 0 Å². The Kier molecular flexibility index (Phi) is 35.0. The first-order valence-corrected chi connectivity index (χ1v) is 25.5. The number of ether oxygens (including phenoxy) is 4. The second kappa shape index (κ2) is 36.5. The van der Waals surface area contributed by atoms with Gasteiger partial charge in [-0.25, -0.2) is 0 Å². The second-order valence-electron chi connectivity index (χ2n) is 21.4. The molecule has 0 saturated heterocycles. The molecule has 0 bridgehead atoms.